The van der Waals surface area contributed by atoms with E-state index in [1.165, 1.54) is 19.3 Å². The Morgan fingerprint density at radius 3 is 2.38 bits per heavy atom. The van der Waals surface area contributed by atoms with E-state index < -0.39 is 0 Å². The van der Waals surface area contributed by atoms with Crippen molar-refractivity contribution in [1.82, 2.24) is 10.2 Å². The Kier molecular flexibility index (Phi) is 5.81. The third kappa shape index (κ3) is 3.86. The summed E-state index contributed by atoms with van der Waals surface area (Å²) in [5.74, 6) is 4.06. The number of hydrogen-bond donors (Lipinski definition) is 1. The molecule has 2 amide bonds. The van der Waals surface area contributed by atoms with Crippen LogP contribution >= 0.6 is 0 Å². The van der Waals surface area contributed by atoms with Crippen LogP contribution in [0, 0.1) is 23.2 Å². The van der Waals surface area contributed by atoms with Gasteiger partial charge in [-0.3, -0.25) is 9.59 Å². The van der Waals surface area contributed by atoms with Crippen molar-refractivity contribution < 1.29 is 19.1 Å². The Hall–Kier alpha value is -2.24. The second-order valence-electron chi connectivity index (χ2n) is 10.6. The van der Waals surface area contributed by atoms with Crippen molar-refractivity contribution >= 4 is 11.8 Å². The highest BCUT2D eigenvalue weighted by atomic mass is 16.5. The molecule has 5 fully saturated rings. The first kappa shape index (κ1) is 21.6. The van der Waals surface area contributed by atoms with Crippen LogP contribution in [0.3, 0.4) is 0 Å². The van der Waals surface area contributed by atoms with Crippen molar-refractivity contribution in [2.75, 3.05) is 27.3 Å². The molecule has 6 heteroatoms. The molecule has 174 valence electrons. The van der Waals surface area contributed by atoms with E-state index in [0.29, 0.717) is 13.0 Å². The van der Waals surface area contributed by atoms with Gasteiger partial charge in [0.05, 0.1) is 20.3 Å². The van der Waals surface area contributed by atoms with Gasteiger partial charge in [0.2, 0.25) is 11.8 Å². The maximum absolute atomic E-state index is 13.2. The highest BCUT2D eigenvalue weighted by Crippen LogP contribution is 2.60. The smallest absolute Gasteiger partial charge is 0.226 e. The third-order valence-corrected chi connectivity index (χ3v) is 8.52. The van der Waals surface area contributed by atoms with E-state index in [9.17, 15) is 9.59 Å². The summed E-state index contributed by atoms with van der Waals surface area (Å²) in [7, 11) is 3.29. The summed E-state index contributed by atoms with van der Waals surface area (Å²) in [6.45, 7) is 1.18. The number of nitrogens with one attached hydrogen (secondary N) is 1. The summed E-state index contributed by atoms with van der Waals surface area (Å²) in [5.41, 5.74) is 0.876. The second kappa shape index (κ2) is 8.60. The molecule has 6 nitrogen and oxygen atoms in total. The summed E-state index contributed by atoms with van der Waals surface area (Å²) in [6.07, 6.45) is 9.42. The molecule has 4 aliphatic carbocycles. The predicted octanol–water partition coefficient (Wildman–Crippen LogP) is 4.09. The highest BCUT2D eigenvalue weighted by Gasteiger charge is 2.54. The Morgan fingerprint density at radius 2 is 1.75 bits per heavy atom. The predicted molar refractivity (Wildman–Crippen MR) is 121 cm³/mol. The van der Waals surface area contributed by atoms with Crippen molar-refractivity contribution in [2.45, 2.75) is 63.8 Å². The molecule has 1 aromatic rings. The molecular formula is C26H36N2O4. The lowest BCUT2D eigenvalue weighted by Gasteiger charge is -2.55. The van der Waals surface area contributed by atoms with Crippen LogP contribution < -0.4 is 14.8 Å². The third-order valence-electron chi connectivity index (χ3n) is 8.52. The first-order valence-electron chi connectivity index (χ1n) is 12.3. The van der Waals surface area contributed by atoms with Gasteiger partial charge in [0.1, 0.15) is 11.5 Å². The Morgan fingerprint density at radius 1 is 1.06 bits per heavy atom. The number of rotatable bonds is 7. The number of ether oxygens (including phenoxy) is 2. The van der Waals surface area contributed by atoms with E-state index in [-0.39, 0.29) is 23.3 Å². The average Bonchev–Trinajstić information content (AvgIpc) is 3.27. The molecular weight excluding hydrogens is 404 g/mol. The van der Waals surface area contributed by atoms with Gasteiger partial charge in [0.15, 0.2) is 0 Å². The van der Waals surface area contributed by atoms with Crippen LogP contribution in [-0.4, -0.2) is 44.0 Å². The minimum absolute atomic E-state index is 0.0159. The zero-order valence-electron chi connectivity index (χ0n) is 19.4. The van der Waals surface area contributed by atoms with Crippen LogP contribution in [0.2, 0.25) is 0 Å². The normalized spacial score (nSPS) is 32.8. The molecule has 1 heterocycles. The minimum atomic E-state index is -0.148. The number of nitrogens with zero attached hydrogens (tertiary/aromatic N) is 1. The maximum Gasteiger partial charge on any atom is 0.226 e. The Bertz CT molecular complexity index is 847. The van der Waals surface area contributed by atoms with Gasteiger partial charge in [-0.15, -0.1) is 0 Å². The van der Waals surface area contributed by atoms with Crippen molar-refractivity contribution in [3.8, 4) is 11.5 Å². The molecule has 32 heavy (non-hydrogen) atoms. The van der Waals surface area contributed by atoms with Crippen molar-refractivity contribution in [1.29, 1.82) is 0 Å². The molecule has 4 saturated carbocycles. The van der Waals surface area contributed by atoms with Crippen LogP contribution in [0.5, 0.6) is 11.5 Å². The fourth-order valence-electron chi connectivity index (χ4n) is 7.49. The zero-order valence-corrected chi connectivity index (χ0v) is 19.4. The first-order valence-corrected chi connectivity index (χ1v) is 12.3. The molecule has 4 bridgehead atoms. The Balaban J connectivity index is 1.19. The van der Waals surface area contributed by atoms with Gasteiger partial charge in [-0.2, -0.15) is 0 Å². The van der Waals surface area contributed by atoms with Crippen LogP contribution in [0.15, 0.2) is 18.2 Å². The fraction of sp³-hybridized carbons (Fsp3) is 0.692. The molecule has 1 unspecified atom stereocenters. The number of benzene rings is 1. The zero-order chi connectivity index (χ0) is 22.3. The Labute approximate surface area is 191 Å². The lowest BCUT2D eigenvalue weighted by atomic mass is 9.49. The van der Waals surface area contributed by atoms with Crippen LogP contribution in [-0.2, 0) is 9.59 Å². The standard InChI is InChI=1S/C26H36N2O4/c1-31-20-5-6-21(23(13-20)32-2)22-4-3-9-28(22)24(29)7-8-27-25(30)26-14-17-10-18(15-26)12-19(11-17)16-26/h5-6,13,17-19,22H,3-4,7-12,14-16H2,1-2H3,(H,27,30). The average molecular weight is 441 g/mol. The van der Waals surface area contributed by atoms with Crippen molar-refractivity contribution in [3.05, 3.63) is 23.8 Å². The molecule has 0 radical (unpaired) electrons. The molecule has 0 spiro atoms. The molecule has 1 aliphatic heterocycles. The monoisotopic (exact) mass is 440 g/mol. The second-order valence-corrected chi connectivity index (χ2v) is 10.6. The molecule has 1 saturated heterocycles. The maximum atomic E-state index is 13.2. The molecule has 1 atom stereocenters. The summed E-state index contributed by atoms with van der Waals surface area (Å²) in [5, 5.41) is 3.16. The number of amides is 2. The molecule has 0 aromatic heterocycles. The topological polar surface area (TPSA) is 67.9 Å². The van der Waals surface area contributed by atoms with Crippen LogP contribution in [0.4, 0.5) is 0 Å². The van der Waals surface area contributed by atoms with E-state index in [2.05, 4.69) is 5.32 Å². The minimum Gasteiger partial charge on any atom is -0.497 e. The molecule has 1 aromatic carbocycles. The van der Waals surface area contributed by atoms with Gasteiger partial charge in [-0.05, 0) is 81.3 Å². The van der Waals surface area contributed by atoms with E-state index in [0.717, 1.165) is 73.5 Å². The van der Waals surface area contributed by atoms with Crippen molar-refractivity contribution in [3.63, 3.8) is 0 Å². The summed E-state index contributed by atoms with van der Waals surface area (Å²) >= 11 is 0. The van der Waals surface area contributed by atoms with Gasteiger partial charge in [0, 0.05) is 36.6 Å². The van der Waals surface area contributed by atoms with Gasteiger partial charge >= 0.3 is 0 Å². The van der Waals surface area contributed by atoms with Crippen LogP contribution in [0.1, 0.15) is 69.4 Å². The van der Waals surface area contributed by atoms with Crippen molar-refractivity contribution in [2.24, 2.45) is 23.2 Å². The lowest BCUT2D eigenvalue weighted by molar-refractivity contribution is -0.146. The van der Waals surface area contributed by atoms with E-state index in [1.54, 1.807) is 14.2 Å². The molecule has 6 rings (SSSR count). The lowest BCUT2D eigenvalue weighted by Crippen LogP contribution is -2.53. The summed E-state index contributed by atoms with van der Waals surface area (Å²) in [4.78, 5) is 28.2. The number of methoxy groups -OCH3 is 2. The van der Waals surface area contributed by atoms with Gasteiger partial charge in [0.25, 0.3) is 0 Å². The number of likely N-dealkylation sites (tertiary alicyclic amines) is 1. The molecule has 5 aliphatic rings. The SMILES string of the molecule is COc1ccc(C2CCCN2C(=O)CCNC(=O)C23CC4CC(CC(C4)C2)C3)c(OC)c1. The summed E-state index contributed by atoms with van der Waals surface area (Å²) < 4.78 is 10.9. The fourth-order valence-corrected chi connectivity index (χ4v) is 7.49. The van der Waals surface area contributed by atoms with Gasteiger partial charge in [-0.25, -0.2) is 0 Å². The molecule has 1 N–H and O–H groups in total. The first-order chi connectivity index (χ1) is 15.5. The van der Waals surface area contributed by atoms with E-state index >= 15 is 0 Å². The number of carbonyl (C=O) groups excluding carboxylic acids is 2. The van der Waals surface area contributed by atoms with Gasteiger partial charge in [-0.1, -0.05) is 0 Å². The quantitative estimate of drug-likeness (QED) is 0.693. The number of carbonyl (C=O) groups is 2. The van der Waals surface area contributed by atoms with Crippen LogP contribution in [0.25, 0.3) is 0 Å². The van der Waals surface area contributed by atoms with E-state index in [4.69, 9.17) is 9.47 Å². The number of hydrogen-bond acceptors (Lipinski definition) is 4. The summed E-state index contributed by atoms with van der Waals surface area (Å²) in [6, 6.07) is 5.82. The largest absolute Gasteiger partial charge is 0.497 e. The van der Waals surface area contributed by atoms with E-state index in [1.807, 2.05) is 23.1 Å². The van der Waals surface area contributed by atoms with Gasteiger partial charge < -0.3 is 19.7 Å². The highest BCUT2D eigenvalue weighted by molar-refractivity contribution is 5.84.